The summed E-state index contributed by atoms with van der Waals surface area (Å²) in [7, 11) is 0. The molecule has 0 saturated carbocycles. The summed E-state index contributed by atoms with van der Waals surface area (Å²) < 4.78 is 0. The lowest BCUT2D eigenvalue weighted by molar-refractivity contribution is -0.145. The molecule has 1 amide bonds. The first kappa shape index (κ1) is 13.0. The molecule has 1 aromatic rings. The lowest BCUT2D eigenvalue weighted by Crippen LogP contribution is -2.50. The summed E-state index contributed by atoms with van der Waals surface area (Å²) in [6.45, 7) is 2.87. The second-order valence-electron chi connectivity index (χ2n) is 4.40. The number of anilines is 1. The van der Waals surface area contributed by atoms with Gasteiger partial charge in [0.15, 0.2) is 0 Å². The van der Waals surface area contributed by atoms with Crippen molar-refractivity contribution in [3.8, 4) is 0 Å². The third-order valence-corrected chi connectivity index (χ3v) is 2.30. The Balaban J connectivity index is 2.65. The third kappa shape index (κ3) is 3.79. The van der Waals surface area contributed by atoms with Crippen molar-refractivity contribution in [3.63, 3.8) is 0 Å². The molecule has 0 bridgehead atoms. The lowest BCUT2D eigenvalue weighted by atomic mass is 10.0. The number of nitrogens with one attached hydrogen (secondary N) is 1. The highest BCUT2D eigenvalue weighted by Crippen LogP contribution is 2.08. The van der Waals surface area contributed by atoms with Crippen LogP contribution in [0.25, 0.3) is 0 Å². The molecule has 0 radical (unpaired) electrons. The van der Waals surface area contributed by atoms with Gasteiger partial charge in [-0.25, -0.2) is 4.79 Å². The molecule has 5 nitrogen and oxygen atoms in total. The van der Waals surface area contributed by atoms with Crippen LogP contribution in [0.2, 0.25) is 0 Å². The molecule has 0 atom stereocenters. The monoisotopic (exact) mass is 236 g/mol. The van der Waals surface area contributed by atoms with Crippen LogP contribution in [0.3, 0.4) is 0 Å². The molecule has 0 spiro atoms. The minimum absolute atomic E-state index is 0.113. The van der Waals surface area contributed by atoms with Crippen molar-refractivity contribution in [2.45, 2.75) is 25.8 Å². The van der Waals surface area contributed by atoms with E-state index in [9.17, 15) is 9.59 Å². The molecule has 0 aromatic heterocycles. The molecule has 0 fully saturated rings. The maximum absolute atomic E-state index is 11.6. The molecule has 0 heterocycles. The van der Waals surface area contributed by atoms with Crippen molar-refractivity contribution >= 4 is 17.6 Å². The number of hydrogen-bond acceptors (Lipinski definition) is 3. The van der Waals surface area contributed by atoms with Gasteiger partial charge in [0.2, 0.25) is 5.91 Å². The second-order valence-corrected chi connectivity index (χ2v) is 4.40. The average Bonchev–Trinajstić information content (AvgIpc) is 2.15. The number of carboxylic acids is 1. The van der Waals surface area contributed by atoms with Crippen LogP contribution < -0.4 is 11.1 Å². The number of nitrogen functional groups attached to an aromatic ring is 1. The minimum Gasteiger partial charge on any atom is -0.480 e. The number of carbonyl (C=O) groups excluding carboxylic acids is 1. The van der Waals surface area contributed by atoms with Crippen molar-refractivity contribution in [2.75, 3.05) is 5.73 Å². The van der Waals surface area contributed by atoms with Crippen LogP contribution in [0, 0.1) is 0 Å². The molecular formula is C12H16N2O3. The molecule has 0 saturated heterocycles. The standard InChI is InChI=1S/C12H16N2O3/c1-12(2,11(16)17)14-10(15)7-8-4-3-5-9(13)6-8/h3-6H,7,13H2,1-2H3,(H,14,15)(H,16,17). The van der Waals surface area contributed by atoms with E-state index in [0.717, 1.165) is 5.56 Å². The summed E-state index contributed by atoms with van der Waals surface area (Å²) in [4.78, 5) is 22.5. The largest absolute Gasteiger partial charge is 0.480 e. The Kier molecular flexibility index (Phi) is 3.73. The van der Waals surface area contributed by atoms with Gasteiger partial charge in [-0.3, -0.25) is 4.79 Å². The number of rotatable bonds is 4. The van der Waals surface area contributed by atoms with E-state index >= 15 is 0 Å². The van der Waals surface area contributed by atoms with Crippen molar-refractivity contribution < 1.29 is 14.7 Å². The van der Waals surface area contributed by atoms with E-state index in [0.29, 0.717) is 5.69 Å². The number of carboxylic acid groups (broad SMARTS) is 1. The van der Waals surface area contributed by atoms with E-state index in [1.807, 2.05) is 0 Å². The Labute approximate surface area is 99.6 Å². The second kappa shape index (κ2) is 4.86. The zero-order valence-corrected chi connectivity index (χ0v) is 9.86. The van der Waals surface area contributed by atoms with Gasteiger partial charge >= 0.3 is 5.97 Å². The first-order chi connectivity index (χ1) is 7.81. The van der Waals surface area contributed by atoms with Crippen molar-refractivity contribution in [1.29, 1.82) is 0 Å². The summed E-state index contributed by atoms with van der Waals surface area (Å²) >= 11 is 0. The van der Waals surface area contributed by atoms with Gasteiger partial charge in [-0.2, -0.15) is 0 Å². The van der Waals surface area contributed by atoms with Crippen LogP contribution in [0.15, 0.2) is 24.3 Å². The zero-order chi connectivity index (χ0) is 13.1. The summed E-state index contributed by atoms with van der Waals surface area (Å²) in [6, 6.07) is 6.93. The summed E-state index contributed by atoms with van der Waals surface area (Å²) in [5, 5.41) is 11.3. The molecule has 5 heteroatoms. The molecule has 4 N–H and O–H groups in total. The predicted octanol–water partition coefficient (Wildman–Crippen LogP) is 0.791. The van der Waals surface area contributed by atoms with Gasteiger partial charge in [-0.1, -0.05) is 12.1 Å². The highest BCUT2D eigenvalue weighted by molar-refractivity contribution is 5.87. The first-order valence-corrected chi connectivity index (χ1v) is 5.20. The highest BCUT2D eigenvalue weighted by Gasteiger charge is 2.28. The van der Waals surface area contributed by atoms with Gasteiger partial charge in [-0.05, 0) is 31.5 Å². The molecule has 0 aliphatic rings. The maximum atomic E-state index is 11.6. The third-order valence-electron chi connectivity index (χ3n) is 2.30. The number of amides is 1. The lowest BCUT2D eigenvalue weighted by Gasteiger charge is -2.20. The topological polar surface area (TPSA) is 92.4 Å². The molecule has 1 aromatic carbocycles. The van der Waals surface area contributed by atoms with Crippen LogP contribution in [0.4, 0.5) is 5.69 Å². The van der Waals surface area contributed by atoms with E-state index in [2.05, 4.69) is 5.32 Å². The predicted molar refractivity (Wildman–Crippen MR) is 64.4 cm³/mol. The summed E-state index contributed by atoms with van der Waals surface area (Å²) in [5.74, 6) is -1.42. The Morgan fingerprint density at radius 3 is 2.59 bits per heavy atom. The van der Waals surface area contributed by atoms with E-state index in [1.165, 1.54) is 13.8 Å². The number of carbonyl (C=O) groups is 2. The van der Waals surface area contributed by atoms with Crippen LogP contribution >= 0.6 is 0 Å². The number of hydrogen-bond donors (Lipinski definition) is 3. The smallest absolute Gasteiger partial charge is 0.328 e. The molecule has 0 aliphatic heterocycles. The summed E-state index contributed by atoms with van der Waals surface area (Å²) in [6.07, 6.45) is 0.113. The Morgan fingerprint density at radius 2 is 2.06 bits per heavy atom. The van der Waals surface area contributed by atoms with Crippen LogP contribution in [-0.4, -0.2) is 22.5 Å². The van der Waals surface area contributed by atoms with Gasteiger partial charge in [0.25, 0.3) is 0 Å². The van der Waals surface area contributed by atoms with Crippen LogP contribution in [0.1, 0.15) is 19.4 Å². The van der Waals surface area contributed by atoms with E-state index in [1.54, 1.807) is 24.3 Å². The van der Waals surface area contributed by atoms with E-state index < -0.39 is 11.5 Å². The molecule has 92 valence electrons. The fourth-order valence-electron chi connectivity index (χ4n) is 1.33. The van der Waals surface area contributed by atoms with Gasteiger partial charge < -0.3 is 16.2 Å². The van der Waals surface area contributed by atoms with Crippen molar-refractivity contribution in [1.82, 2.24) is 5.32 Å². The number of aliphatic carboxylic acids is 1. The minimum atomic E-state index is -1.27. The Hall–Kier alpha value is -2.04. The van der Waals surface area contributed by atoms with Gasteiger partial charge in [0, 0.05) is 5.69 Å². The SMILES string of the molecule is CC(C)(NC(=O)Cc1cccc(N)c1)C(=O)O. The quantitative estimate of drug-likeness (QED) is 0.674. The fraction of sp³-hybridized carbons (Fsp3) is 0.333. The molecule has 17 heavy (non-hydrogen) atoms. The van der Waals surface area contributed by atoms with Gasteiger partial charge in [0.05, 0.1) is 6.42 Å². The number of nitrogens with two attached hydrogens (primary N) is 1. The van der Waals surface area contributed by atoms with Gasteiger partial charge in [-0.15, -0.1) is 0 Å². The average molecular weight is 236 g/mol. The maximum Gasteiger partial charge on any atom is 0.328 e. The number of benzene rings is 1. The summed E-state index contributed by atoms with van der Waals surface area (Å²) in [5.41, 5.74) is 5.65. The van der Waals surface area contributed by atoms with Crippen molar-refractivity contribution in [3.05, 3.63) is 29.8 Å². The molecule has 0 unspecified atom stereocenters. The van der Waals surface area contributed by atoms with E-state index in [-0.39, 0.29) is 12.3 Å². The van der Waals surface area contributed by atoms with Crippen molar-refractivity contribution in [2.24, 2.45) is 0 Å². The Bertz CT molecular complexity index is 441. The fourth-order valence-corrected chi connectivity index (χ4v) is 1.33. The van der Waals surface area contributed by atoms with Crippen LogP contribution in [0.5, 0.6) is 0 Å². The molecule has 0 aliphatic carbocycles. The van der Waals surface area contributed by atoms with E-state index in [4.69, 9.17) is 10.8 Å². The zero-order valence-electron chi connectivity index (χ0n) is 9.86. The normalized spacial score (nSPS) is 10.9. The van der Waals surface area contributed by atoms with Gasteiger partial charge in [0.1, 0.15) is 5.54 Å². The highest BCUT2D eigenvalue weighted by atomic mass is 16.4. The molecular weight excluding hydrogens is 220 g/mol. The first-order valence-electron chi connectivity index (χ1n) is 5.20. The molecule has 1 rings (SSSR count). The van der Waals surface area contributed by atoms with Crippen LogP contribution in [-0.2, 0) is 16.0 Å². The Morgan fingerprint density at radius 1 is 1.41 bits per heavy atom.